The van der Waals surface area contributed by atoms with Gasteiger partial charge in [-0.25, -0.2) is 4.79 Å². The normalized spacial score (nSPS) is 19.5. The van der Waals surface area contributed by atoms with Gasteiger partial charge in [0.05, 0.1) is 12.5 Å². The number of rotatable bonds is 10. The fraction of sp³-hybridized carbons (Fsp3) is 0.444. The van der Waals surface area contributed by atoms with Crippen molar-refractivity contribution in [3.05, 3.63) is 59.7 Å². The zero-order chi connectivity index (χ0) is 24.8. The molecule has 0 spiro atoms. The lowest BCUT2D eigenvalue weighted by atomic mass is 9.95. The van der Waals surface area contributed by atoms with Crippen molar-refractivity contribution in [3.8, 4) is 11.1 Å². The Morgan fingerprint density at radius 1 is 1.00 bits per heavy atom. The number of carbonyl (C=O) groups is 3. The van der Waals surface area contributed by atoms with Gasteiger partial charge in [0.2, 0.25) is 5.91 Å². The van der Waals surface area contributed by atoms with Crippen LogP contribution in [0.25, 0.3) is 11.1 Å². The van der Waals surface area contributed by atoms with E-state index in [-0.39, 0.29) is 43.2 Å². The maximum atomic E-state index is 12.7. The fourth-order valence-electron chi connectivity index (χ4n) is 5.27. The standard InChI is InChI=1S/C27H32N2O6/c1-34-18(13-25(30)31)15-28-26(32)19-12-6-7-17(19)14-29-27(33)35-16-24-22-10-4-2-8-20(22)21-9-3-5-11-23(21)24/h2-5,8-11,17-19,24H,6-7,12-16H2,1H3,(H,28,32)(H,29,33)(H,30,31). The molecule has 8 heteroatoms. The van der Waals surface area contributed by atoms with Gasteiger partial charge in [0.15, 0.2) is 0 Å². The Hall–Kier alpha value is -3.39. The van der Waals surface area contributed by atoms with Crippen molar-refractivity contribution in [1.29, 1.82) is 0 Å². The van der Waals surface area contributed by atoms with Gasteiger partial charge in [0, 0.05) is 32.0 Å². The molecule has 2 aliphatic carbocycles. The van der Waals surface area contributed by atoms with E-state index in [2.05, 4.69) is 34.9 Å². The smallest absolute Gasteiger partial charge is 0.407 e. The summed E-state index contributed by atoms with van der Waals surface area (Å²) in [7, 11) is 1.43. The molecule has 0 heterocycles. The number of fused-ring (bicyclic) bond motifs is 3. The van der Waals surface area contributed by atoms with Crippen molar-refractivity contribution in [2.45, 2.75) is 37.7 Å². The molecule has 1 fully saturated rings. The minimum absolute atomic E-state index is 0.00214. The van der Waals surface area contributed by atoms with Gasteiger partial charge in [-0.1, -0.05) is 55.0 Å². The minimum atomic E-state index is -0.975. The minimum Gasteiger partial charge on any atom is -0.481 e. The van der Waals surface area contributed by atoms with Crippen LogP contribution in [0.1, 0.15) is 42.7 Å². The second kappa shape index (κ2) is 11.4. The molecule has 0 aliphatic heterocycles. The summed E-state index contributed by atoms with van der Waals surface area (Å²) >= 11 is 0. The maximum absolute atomic E-state index is 12.7. The number of aliphatic carboxylic acids is 1. The molecule has 4 rings (SSSR count). The molecule has 2 aromatic rings. The first-order valence-electron chi connectivity index (χ1n) is 12.1. The highest BCUT2D eigenvalue weighted by Gasteiger charge is 2.34. The number of methoxy groups -OCH3 is 1. The molecule has 1 saturated carbocycles. The Labute approximate surface area is 205 Å². The Morgan fingerprint density at radius 2 is 1.66 bits per heavy atom. The third-order valence-corrected chi connectivity index (χ3v) is 7.09. The van der Waals surface area contributed by atoms with Crippen LogP contribution in [0.4, 0.5) is 4.79 Å². The topological polar surface area (TPSA) is 114 Å². The average Bonchev–Trinajstić information content (AvgIpc) is 3.46. The van der Waals surface area contributed by atoms with E-state index in [0.29, 0.717) is 6.54 Å². The number of amides is 2. The Balaban J connectivity index is 1.26. The van der Waals surface area contributed by atoms with Crippen LogP contribution in [0, 0.1) is 11.8 Å². The van der Waals surface area contributed by atoms with Crippen LogP contribution in [0.15, 0.2) is 48.5 Å². The van der Waals surface area contributed by atoms with Crippen molar-refractivity contribution in [2.75, 3.05) is 26.8 Å². The van der Waals surface area contributed by atoms with Crippen LogP contribution in [-0.4, -0.2) is 56.0 Å². The molecule has 8 nitrogen and oxygen atoms in total. The molecule has 0 saturated heterocycles. The van der Waals surface area contributed by atoms with Gasteiger partial charge in [-0.05, 0) is 41.0 Å². The second-order valence-electron chi connectivity index (χ2n) is 9.20. The van der Waals surface area contributed by atoms with Crippen molar-refractivity contribution in [2.24, 2.45) is 11.8 Å². The van der Waals surface area contributed by atoms with Crippen LogP contribution in [0.5, 0.6) is 0 Å². The van der Waals surface area contributed by atoms with Gasteiger partial charge in [-0.3, -0.25) is 9.59 Å². The van der Waals surface area contributed by atoms with Gasteiger partial charge in [-0.15, -0.1) is 0 Å². The molecule has 0 aromatic heterocycles. The van der Waals surface area contributed by atoms with E-state index < -0.39 is 18.2 Å². The summed E-state index contributed by atoms with van der Waals surface area (Å²) in [5.41, 5.74) is 4.67. The van der Waals surface area contributed by atoms with Crippen LogP contribution in [0.3, 0.4) is 0 Å². The van der Waals surface area contributed by atoms with Crippen molar-refractivity contribution in [3.63, 3.8) is 0 Å². The summed E-state index contributed by atoms with van der Waals surface area (Å²) in [6, 6.07) is 16.4. The van der Waals surface area contributed by atoms with E-state index in [1.165, 1.54) is 18.2 Å². The van der Waals surface area contributed by atoms with Gasteiger partial charge in [0.25, 0.3) is 0 Å². The van der Waals surface area contributed by atoms with E-state index >= 15 is 0 Å². The summed E-state index contributed by atoms with van der Waals surface area (Å²) in [6.45, 7) is 0.749. The number of nitrogens with one attached hydrogen (secondary N) is 2. The van der Waals surface area contributed by atoms with E-state index in [1.807, 2.05) is 24.3 Å². The van der Waals surface area contributed by atoms with E-state index in [0.717, 1.165) is 30.4 Å². The molecular weight excluding hydrogens is 448 g/mol. The van der Waals surface area contributed by atoms with Crippen LogP contribution in [0.2, 0.25) is 0 Å². The largest absolute Gasteiger partial charge is 0.481 e. The Bertz CT molecular complexity index is 1030. The molecule has 2 amide bonds. The molecular formula is C27H32N2O6. The highest BCUT2D eigenvalue weighted by atomic mass is 16.5. The average molecular weight is 481 g/mol. The number of carboxylic acid groups (broad SMARTS) is 1. The molecule has 3 N–H and O–H groups in total. The highest BCUT2D eigenvalue weighted by Crippen LogP contribution is 2.44. The molecule has 2 aromatic carbocycles. The Kier molecular flexibility index (Phi) is 8.02. The SMILES string of the molecule is COC(CNC(=O)C1CCCC1CNC(=O)OCC1c2ccccc2-c2ccccc21)CC(=O)O. The first kappa shape index (κ1) is 24.7. The summed E-state index contributed by atoms with van der Waals surface area (Å²) in [5.74, 6) is -1.33. The number of carboxylic acids is 1. The van der Waals surface area contributed by atoms with Gasteiger partial charge in [0.1, 0.15) is 6.61 Å². The first-order valence-corrected chi connectivity index (χ1v) is 12.1. The number of alkyl carbamates (subject to hydrolysis) is 1. The summed E-state index contributed by atoms with van der Waals surface area (Å²) < 4.78 is 10.7. The lowest BCUT2D eigenvalue weighted by Gasteiger charge is -2.21. The molecule has 0 radical (unpaired) electrons. The molecule has 3 atom stereocenters. The van der Waals surface area contributed by atoms with Gasteiger partial charge < -0.3 is 25.2 Å². The van der Waals surface area contributed by atoms with Crippen molar-refractivity contribution >= 4 is 18.0 Å². The fourth-order valence-corrected chi connectivity index (χ4v) is 5.27. The first-order chi connectivity index (χ1) is 17.0. The van der Waals surface area contributed by atoms with E-state index in [4.69, 9.17) is 14.6 Å². The predicted octanol–water partition coefficient (Wildman–Crippen LogP) is 3.55. The Morgan fingerprint density at radius 3 is 2.29 bits per heavy atom. The van der Waals surface area contributed by atoms with Crippen LogP contribution in [-0.2, 0) is 19.1 Å². The zero-order valence-electron chi connectivity index (χ0n) is 19.9. The number of hydrogen-bond acceptors (Lipinski definition) is 5. The highest BCUT2D eigenvalue weighted by molar-refractivity contribution is 5.80. The lowest BCUT2D eigenvalue weighted by molar-refractivity contribution is -0.140. The van der Waals surface area contributed by atoms with E-state index in [1.54, 1.807) is 0 Å². The third-order valence-electron chi connectivity index (χ3n) is 7.09. The third kappa shape index (κ3) is 5.82. The monoisotopic (exact) mass is 480 g/mol. The van der Waals surface area contributed by atoms with Crippen molar-refractivity contribution in [1.82, 2.24) is 10.6 Å². The lowest BCUT2D eigenvalue weighted by Crippen LogP contribution is -2.41. The molecule has 35 heavy (non-hydrogen) atoms. The predicted molar refractivity (Wildman–Crippen MR) is 130 cm³/mol. The molecule has 0 bridgehead atoms. The maximum Gasteiger partial charge on any atom is 0.407 e. The van der Waals surface area contributed by atoms with Crippen molar-refractivity contribution < 1.29 is 29.0 Å². The number of benzene rings is 2. The van der Waals surface area contributed by atoms with Gasteiger partial charge in [-0.2, -0.15) is 0 Å². The summed E-state index contributed by atoms with van der Waals surface area (Å²) in [6.07, 6.45) is 1.24. The zero-order valence-corrected chi connectivity index (χ0v) is 19.9. The second-order valence-corrected chi connectivity index (χ2v) is 9.20. The number of ether oxygens (including phenoxy) is 2. The van der Waals surface area contributed by atoms with Crippen LogP contribution >= 0.6 is 0 Å². The molecule has 3 unspecified atom stereocenters. The number of hydrogen-bond donors (Lipinski definition) is 3. The summed E-state index contributed by atoms with van der Waals surface area (Å²) in [4.78, 5) is 36.1. The molecule has 2 aliphatic rings. The van der Waals surface area contributed by atoms with E-state index in [9.17, 15) is 14.4 Å². The molecule has 186 valence electrons. The number of carbonyl (C=O) groups excluding carboxylic acids is 2. The quantitative estimate of drug-likeness (QED) is 0.479. The van der Waals surface area contributed by atoms with Gasteiger partial charge >= 0.3 is 12.1 Å². The van der Waals surface area contributed by atoms with Crippen LogP contribution < -0.4 is 10.6 Å². The summed E-state index contributed by atoms with van der Waals surface area (Å²) in [5, 5.41) is 14.6.